The van der Waals surface area contributed by atoms with Gasteiger partial charge in [-0.25, -0.2) is 9.67 Å². The largest absolute Gasteiger partial charge is 0.393 e. The Morgan fingerprint density at radius 2 is 2.00 bits per heavy atom. The van der Waals surface area contributed by atoms with Crippen LogP contribution in [0.25, 0.3) is 5.69 Å². The van der Waals surface area contributed by atoms with Crippen LogP contribution in [0, 0.1) is 5.92 Å². The molecule has 2 fully saturated rings. The van der Waals surface area contributed by atoms with Crippen molar-refractivity contribution in [3.05, 3.63) is 42.0 Å². The van der Waals surface area contributed by atoms with Gasteiger partial charge in [-0.05, 0) is 44.7 Å². The first-order valence-corrected chi connectivity index (χ1v) is 9.13. The molecule has 2 heterocycles. The summed E-state index contributed by atoms with van der Waals surface area (Å²) in [6.07, 6.45) is 3.68. The van der Waals surface area contributed by atoms with Crippen molar-refractivity contribution in [1.29, 1.82) is 0 Å². The van der Waals surface area contributed by atoms with Gasteiger partial charge in [-0.2, -0.15) is 0 Å². The number of benzene rings is 1. The Balaban J connectivity index is 1.61. The fourth-order valence-corrected chi connectivity index (χ4v) is 3.51. The Kier molecular flexibility index (Phi) is 4.29. The van der Waals surface area contributed by atoms with Gasteiger partial charge in [-0.3, -0.25) is 4.79 Å². The highest BCUT2D eigenvalue weighted by atomic mass is 16.3. The van der Waals surface area contributed by atoms with E-state index in [1.807, 2.05) is 35.0 Å². The third-order valence-corrected chi connectivity index (χ3v) is 5.19. The predicted molar refractivity (Wildman–Crippen MR) is 93.6 cm³/mol. The maximum Gasteiger partial charge on any atom is 0.293 e. The average molecular weight is 340 g/mol. The molecule has 2 unspecified atom stereocenters. The van der Waals surface area contributed by atoms with E-state index in [4.69, 9.17) is 0 Å². The summed E-state index contributed by atoms with van der Waals surface area (Å²) in [5.74, 6) is 1.58. The fourth-order valence-electron chi connectivity index (χ4n) is 3.51. The second-order valence-electron chi connectivity index (χ2n) is 7.21. The number of hydrogen-bond acceptors (Lipinski definition) is 4. The molecule has 0 spiro atoms. The summed E-state index contributed by atoms with van der Waals surface area (Å²) in [7, 11) is 0. The monoisotopic (exact) mass is 340 g/mol. The van der Waals surface area contributed by atoms with Gasteiger partial charge in [0.15, 0.2) is 0 Å². The van der Waals surface area contributed by atoms with E-state index in [0.29, 0.717) is 19.0 Å². The fraction of sp³-hybridized carbons (Fsp3) is 0.526. The molecule has 1 aliphatic carbocycles. The Bertz CT molecular complexity index is 752. The van der Waals surface area contributed by atoms with Crippen LogP contribution in [-0.2, 0) is 0 Å². The lowest BCUT2D eigenvalue weighted by Crippen LogP contribution is -2.43. The van der Waals surface area contributed by atoms with Gasteiger partial charge in [-0.15, -0.1) is 5.10 Å². The molecule has 6 nitrogen and oxygen atoms in total. The number of carbonyl (C=O) groups is 1. The van der Waals surface area contributed by atoms with Crippen LogP contribution in [0.15, 0.2) is 30.3 Å². The predicted octanol–water partition coefficient (Wildman–Crippen LogP) is 2.38. The van der Waals surface area contributed by atoms with Crippen LogP contribution in [0.5, 0.6) is 0 Å². The van der Waals surface area contributed by atoms with Crippen molar-refractivity contribution in [2.45, 2.75) is 44.6 Å². The van der Waals surface area contributed by atoms with Crippen LogP contribution in [0.4, 0.5) is 0 Å². The van der Waals surface area contributed by atoms with E-state index in [9.17, 15) is 9.90 Å². The van der Waals surface area contributed by atoms with Crippen molar-refractivity contribution < 1.29 is 9.90 Å². The molecule has 1 N–H and O–H groups in total. The van der Waals surface area contributed by atoms with E-state index in [-0.39, 0.29) is 17.6 Å². The number of rotatable bonds is 4. The van der Waals surface area contributed by atoms with Gasteiger partial charge in [0.2, 0.25) is 5.82 Å². The molecular weight excluding hydrogens is 316 g/mol. The van der Waals surface area contributed by atoms with E-state index in [2.05, 4.69) is 10.1 Å². The lowest BCUT2D eigenvalue weighted by Gasteiger charge is -2.33. The van der Waals surface area contributed by atoms with Crippen LogP contribution in [0.1, 0.15) is 55.0 Å². The molecular formula is C19H24N4O2. The van der Waals surface area contributed by atoms with Gasteiger partial charge in [0, 0.05) is 24.9 Å². The van der Waals surface area contributed by atoms with Crippen LogP contribution < -0.4 is 0 Å². The summed E-state index contributed by atoms with van der Waals surface area (Å²) < 4.78 is 1.82. The van der Waals surface area contributed by atoms with Crippen molar-refractivity contribution in [3.63, 3.8) is 0 Å². The minimum atomic E-state index is -0.396. The zero-order valence-electron chi connectivity index (χ0n) is 14.5. The van der Waals surface area contributed by atoms with E-state index in [1.54, 1.807) is 11.8 Å². The third kappa shape index (κ3) is 3.31. The van der Waals surface area contributed by atoms with Crippen molar-refractivity contribution >= 4 is 5.91 Å². The number of para-hydroxylation sites is 1. The molecule has 25 heavy (non-hydrogen) atoms. The van der Waals surface area contributed by atoms with Gasteiger partial charge in [0.1, 0.15) is 5.82 Å². The summed E-state index contributed by atoms with van der Waals surface area (Å²) in [6.45, 7) is 3.09. The topological polar surface area (TPSA) is 71.2 Å². The van der Waals surface area contributed by atoms with Crippen LogP contribution >= 0.6 is 0 Å². The molecule has 1 aromatic heterocycles. The Morgan fingerprint density at radius 1 is 1.24 bits per heavy atom. The first-order valence-electron chi connectivity index (χ1n) is 9.13. The zero-order chi connectivity index (χ0) is 17.4. The normalized spacial score (nSPS) is 22.0. The smallest absolute Gasteiger partial charge is 0.293 e. The molecule has 2 aliphatic rings. The van der Waals surface area contributed by atoms with E-state index < -0.39 is 6.10 Å². The summed E-state index contributed by atoms with van der Waals surface area (Å²) in [5, 5.41) is 14.4. The van der Waals surface area contributed by atoms with E-state index >= 15 is 0 Å². The maximum absolute atomic E-state index is 12.9. The number of likely N-dealkylation sites (tertiary alicyclic amines) is 1. The van der Waals surface area contributed by atoms with Crippen molar-refractivity contribution in [2.24, 2.45) is 5.92 Å². The number of hydrogen-bond donors (Lipinski definition) is 1. The SMILES string of the molecule is CC(O)C1CCCN(C(=O)c2nc(C3CC3)n(-c3ccccc3)n2)C1. The summed E-state index contributed by atoms with van der Waals surface area (Å²) in [6, 6.07) is 9.87. The Hall–Kier alpha value is -2.21. The molecule has 1 amide bonds. The van der Waals surface area contributed by atoms with Gasteiger partial charge in [-0.1, -0.05) is 18.2 Å². The average Bonchev–Trinajstić information content (AvgIpc) is 3.40. The molecule has 132 valence electrons. The molecule has 1 saturated heterocycles. The second kappa shape index (κ2) is 6.59. The Morgan fingerprint density at radius 3 is 2.68 bits per heavy atom. The number of aliphatic hydroxyl groups excluding tert-OH is 1. The summed E-state index contributed by atoms with van der Waals surface area (Å²) >= 11 is 0. The quantitative estimate of drug-likeness (QED) is 0.927. The zero-order valence-corrected chi connectivity index (χ0v) is 14.5. The minimum absolute atomic E-state index is 0.123. The Labute approximate surface area is 147 Å². The lowest BCUT2D eigenvalue weighted by molar-refractivity contribution is 0.0457. The van der Waals surface area contributed by atoms with Gasteiger partial charge in [0.05, 0.1) is 11.8 Å². The van der Waals surface area contributed by atoms with Crippen molar-refractivity contribution in [1.82, 2.24) is 19.7 Å². The molecule has 1 aromatic carbocycles. The number of piperidine rings is 1. The molecule has 2 aromatic rings. The van der Waals surface area contributed by atoms with E-state index in [1.165, 1.54) is 0 Å². The van der Waals surface area contributed by atoms with Crippen LogP contribution in [0.3, 0.4) is 0 Å². The van der Waals surface area contributed by atoms with Crippen LogP contribution in [-0.4, -0.2) is 49.9 Å². The second-order valence-corrected chi connectivity index (χ2v) is 7.21. The van der Waals surface area contributed by atoms with Gasteiger partial charge in [0.25, 0.3) is 5.91 Å². The van der Waals surface area contributed by atoms with Gasteiger partial charge < -0.3 is 10.0 Å². The molecule has 0 bridgehead atoms. The highest BCUT2D eigenvalue weighted by Crippen LogP contribution is 2.39. The molecule has 6 heteroatoms. The summed E-state index contributed by atoms with van der Waals surface area (Å²) in [4.78, 5) is 19.3. The number of aliphatic hydroxyl groups is 1. The highest BCUT2D eigenvalue weighted by molar-refractivity contribution is 5.90. The molecule has 1 saturated carbocycles. The number of amides is 1. The minimum Gasteiger partial charge on any atom is -0.393 e. The molecule has 0 radical (unpaired) electrons. The molecule has 2 atom stereocenters. The first-order chi connectivity index (χ1) is 12.1. The lowest BCUT2D eigenvalue weighted by atomic mass is 9.93. The van der Waals surface area contributed by atoms with E-state index in [0.717, 1.165) is 37.2 Å². The highest BCUT2D eigenvalue weighted by Gasteiger charge is 2.34. The number of aromatic nitrogens is 3. The van der Waals surface area contributed by atoms with Gasteiger partial charge >= 0.3 is 0 Å². The van der Waals surface area contributed by atoms with Crippen molar-refractivity contribution in [3.8, 4) is 5.69 Å². The molecule has 1 aliphatic heterocycles. The van der Waals surface area contributed by atoms with Crippen molar-refractivity contribution in [2.75, 3.05) is 13.1 Å². The number of carbonyl (C=O) groups excluding carboxylic acids is 1. The standard InChI is InChI=1S/C19H24N4O2/c1-13(24)15-6-5-11-22(12-15)19(25)17-20-18(14-9-10-14)23(21-17)16-7-3-2-4-8-16/h2-4,7-8,13-15,24H,5-6,9-12H2,1H3. The molecule has 4 rings (SSSR count). The number of nitrogens with zero attached hydrogens (tertiary/aromatic N) is 4. The first kappa shape index (κ1) is 16.3. The maximum atomic E-state index is 12.9. The van der Waals surface area contributed by atoms with Crippen LogP contribution in [0.2, 0.25) is 0 Å². The third-order valence-electron chi connectivity index (χ3n) is 5.19. The summed E-state index contributed by atoms with van der Waals surface area (Å²) in [5.41, 5.74) is 0.941.